The molecule has 3 aromatic rings. The fourth-order valence-corrected chi connectivity index (χ4v) is 5.96. The number of fused-ring (bicyclic) bond motifs is 3. The van der Waals surface area contributed by atoms with Gasteiger partial charge in [-0.15, -0.1) is 0 Å². The van der Waals surface area contributed by atoms with Crippen molar-refractivity contribution in [2.24, 2.45) is 0 Å². The third kappa shape index (κ3) is 4.21. The number of rotatable bonds is 6. The number of hydrogen-bond acceptors (Lipinski definition) is 5. The van der Waals surface area contributed by atoms with Crippen molar-refractivity contribution in [2.75, 3.05) is 18.0 Å². The van der Waals surface area contributed by atoms with Gasteiger partial charge in [-0.3, -0.25) is 9.78 Å². The van der Waals surface area contributed by atoms with E-state index in [0.717, 1.165) is 47.1 Å². The van der Waals surface area contributed by atoms with Crippen molar-refractivity contribution in [3.63, 3.8) is 0 Å². The Morgan fingerprint density at radius 2 is 2.03 bits per heavy atom. The number of likely N-dealkylation sites (tertiary alicyclic amines) is 1. The highest BCUT2D eigenvalue weighted by Crippen LogP contribution is 2.48. The van der Waals surface area contributed by atoms with Crippen LogP contribution in [0.4, 0.5) is 10.5 Å². The predicted molar refractivity (Wildman–Crippen MR) is 139 cm³/mol. The molecule has 1 saturated heterocycles. The lowest BCUT2D eigenvalue weighted by molar-refractivity contribution is -0.125. The van der Waals surface area contributed by atoms with Crippen molar-refractivity contribution in [1.82, 2.24) is 14.5 Å². The first-order valence-electron chi connectivity index (χ1n) is 12.9. The molecule has 6 rings (SSSR count). The van der Waals surface area contributed by atoms with Gasteiger partial charge in [0.15, 0.2) is 0 Å². The van der Waals surface area contributed by atoms with Gasteiger partial charge in [0.1, 0.15) is 6.10 Å². The van der Waals surface area contributed by atoms with Crippen LogP contribution in [0.15, 0.2) is 42.7 Å². The van der Waals surface area contributed by atoms with Crippen LogP contribution in [-0.4, -0.2) is 45.6 Å². The van der Waals surface area contributed by atoms with Gasteiger partial charge in [0.2, 0.25) is 5.91 Å². The van der Waals surface area contributed by atoms with Crippen LogP contribution in [0.2, 0.25) is 5.02 Å². The molecular weight excluding hydrogens is 490 g/mol. The van der Waals surface area contributed by atoms with E-state index in [9.17, 15) is 9.59 Å². The Morgan fingerprint density at radius 3 is 2.78 bits per heavy atom. The molecule has 9 heteroatoms. The van der Waals surface area contributed by atoms with Crippen LogP contribution in [0.25, 0.3) is 10.9 Å². The van der Waals surface area contributed by atoms with Crippen molar-refractivity contribution in [2.45, 2.75) is 63.1 Å². The van der Waals surface area contributed by atoms with E-state index in [4.69, 9.17) is 21.6 Å². The smallest absolute Gasteiger partial charge is 0.410 e. The summed E-state index contributed by atoms with van der Waals surface area (Å²) in [6.45, 7) is 2.05. The Labute approximate surface area is 220 Å². The molecule has 190 valence electrons. The zero-order chi connectivity index (χ0) is 25.6. The molecular formula is C28H28ClN5O3. The lowest BCUT2D eigenvalue weighted by atomic mass is 9.74. The number of ether oxygens (including phenoxy) is 1. The van der Waals surface area contributed by atoms with Crippen molar-refractivity contribution in [3.05, 3.63) is 59.0 Å². The summed E-state index contributed by atoms with van der Waals surface area (Å²) in [4.78, 5) is 34.6. The Morgan fingerprint density at radius 1 is 1.22 bits per heavy atom. The van der Waals surface area contributed by atoms with E-state index in [1.54, 1.807) is 17.3 Å². The summed E-state index contributed by atoms with van der Waals surface area (Å²) in [6, 6.07) is 12.0. The van der Waals surface area contributed by atoms with E-state index in [-0.39, 0.29) is 18.1 Å². The van der Waals surface area contributed by atoms with Gasteiger partial charge in [-0.25, -0.2) is 4.79 Å². The van der Waals surface area contributed by atoms with Gasteiger partial charge in [-0.2, -0.15) is 5.26 Å². The summed E-state index contributed by atoms with van der Waals surface area (Å²) < 4.78 is 7.68. The molecule has 2 fully saturated rings. The number of halogens is 1. The number of aryl methyl sites for hydroxylation is 1. The number of nitriles is 1. The molecule has 3 aliphatic rings. The summed E-state index contributed by atoms with van der Waals surface area (Å²) >= 11 is 6.27. The number of carbonyl (C=O) groups excluding carboxylic acids is 2. The van der Waals surface area contributed by atoms with Crippen LogP contribution in [0.5, 0.6) is 0 Å². The van der Waals surface area contributed by atoms with Gasteiger partial charge in [0.05, 0.1) is 29.9 Å². The molecule has 37 heavy (non-hydrogen) atoms. The molecule has 0 radical (unpaired) electrons. The summed E-state index contributed by atoms with van der Waals surface area (Å²) in [5.41, 5.74) is 3.16. The Bertz CT molecular complexity index is 1410. The van der Waals surface area contributed by atoms with Gasteiger partial charge in [-0.1, -0.05) is 11.6 Å². The summed E-state index contributed by atoms with van der Waals surface area (Å²) in [5, 5.41) is 10.7. The maximum atomic E-state index is 14.1. The average Bonchev–Trinajstić information content (AvgIpc) is 3.62. The molecule has 1 aromatic carbocycles. The van der Waals surface area contributed by atoms with E-state index in [1.165, 1.54) is 0 Å². The number of unbranched alkanes of at least 4 members (excludes halogenated alkanes) is 1. The minimum atomic E-state index is -0.671. The van der Waals surface area contributed by atoms with Gasteiger partial charge in [-0.05, 0) is 68.0 Å². The monoisotopic (exact) mass is 517 g/mol. The predicted octanol–water partition coefficient (Wildman–Crippen LogP) is 5.17. The Balaban J connectivity index is 1.30. The molecule has 0 atom stereocenters. The van der Waals surface area contributed by atoms with Crippen LogP contribution in [-0.2, 0) is 28.0 Å². The minimum absolute atomic E-state index is 0.0533. The Kier molecular flexibility index (Phi) is 6.04. The first-order chi connectivity index (χ1) is 18.0. The first kappa shape index (κ1) is 23.8. The van der Waals surface area contributed by atoms with Crippen molar-refractivity contribution >= 4 is 40.2 Å². The molecule has 1 saturated carbocycles. The largest absolute Gasteiger partial charge is 0.446 e. The first-order valence-corrected chi connectivity index (χ1v) is 13.2. The highest BCUT2D eigenvalue weighted by Gasteiger charge is 2.53. The number of amides is 2. The lowest BCUT2D eigenvalue weighted by Gasteiger charge is -2.38. The molecule has 0 N–H and O–H groups in total. The topological polar surface area (TPSA) is 91.5 Å². The van der Waals surface area contributed by atoms with E-state index in [2.05, 4.69) is 21.7 Å². The number of carbonyl (C=O) groups is 2. The highest BCUT2D eigenvalue weighted by molar-refractivity contribution is 6.31. The fraction of sp³-hybridized carbons (Fsp3) is 0.429. The molecule has 2 amide bonds. The van der Waals surface area contributed by atoms with E-state index in [1.807, 2.05) is 29.2 Å². The standard InChI is InChI=1S/C28H28ClN5O3/c29-20-3-6-24-19(15-20)16-21(33(24)12-2-1-10-30)18-34-25-17-31-11-7-23(25)28(26(34)35)8-13-32(14-9-28)27(36)37-22-4-5-22/h3,6-7,11,15-17,22H,1-2,4-5,8-9,12-14,18H2. The second-order valence-corrected chi connectivity index (χ2v) is 10.6. The number of aromatic nitrogens is 2. The van der Waals surface area contributed by atoms with Crippen LogP contribution in [0, 0.1) is 11.3 Å². The van der Waals surface area contributed by atoms with Crippen LogP contribution in [0.1, 0.15) is 49.8 Å². The third-order valence-electron chi connectivity index (χ3n) is 7.87. The van der Waals surface area contributed by atoms with Gasteiger partial charge in [0.25, 0.3) is 0 Å². The molecule has 0 unspecified atom stereocenters. The molecule has 2 aliphatic heterocycles. The zero-order valence-electron chi connectivity index (χ0n) is 20.5. The number of hydrogen-bond donors (Lipinski definition) is 0. The molecule has 8 nitrogen and oxygen atoms in total. The zero-order valence-corrected chi connectivity index (χ0v) is 21.3. The van der Waals surface area contributed by atoms with E-state index in [0.29, 0.717) is 50.5 Å². The van der Waals surface area contributed by atoms with Gasteiger partial charge < -0.3 is 19.1 Å². The van der Waals surface area contributed by atoms with Crippen molar-refractivity contribution in [3.8, 4) is 6.07 Å². The quantitative estimate of drug-likeness (QED) is 0.420. The SMILES string of the molecule is N#CCCCn1c(CN2C(=O)C3(CCN(C(=O)OC4CC4)CC3)c3ccncc32)cc2cc(Cl)ccc21. The van der Waals surface area contributed by atoms with E-state index >= 15 is 0 Å². The Hall–Kier alpha value is -3.57. The van der Waals surface area contributed by atoms with Crippen LogP contribution >= 0.6 is 11.6 Å². The van der Waals surface area contributed by atoms with Crippen molar-refractivity contribution in [1.29, 1.82) is 5.26 Å². The second kappa shape index (κ2) is 9.38. The number of anilines is 1. The maximum absolute atomic E-state index is 14.1. The summed E-state index contributed by atoms with van der Waals surface area (Å²) in [6.07, 6.45) is 7.49. The average molecular weight is 518 g/mol. The van der Waals surface area contributed by atoms with Crippen LogP contribution in [0.3, 0.4) is 0 Å². The van der Waals surface area contributed by atoms with Gasteiger partial charge in [0, 0.05) is 53.9 Å². The molecule has 0 bridgehead atoms. The normalized spacial score (nSPS) is 18.3. The third-order valence-corrected chi connectivity index (χ3v) is 8.10. The minimum Gasteiger partial charge on any atom is -0.446 e. The summed E-state index contributed by atoms with van der Waals surface area (Å²) in [5.74, 6) is 0.0533. The molecule has 4 heterocycles. The second-order valence-electron chi connectivity index (χ2n) is 10.2. The van der Waals surface area contributed by atoms with Gasteiger partial charge >= 0.3 is 6.09 Å². The highest BCUT2D eigenvalue weighted by atomic mass is 35.5. The number of benzene rings is 1. The number of pyridine rings is 1. The lowest BCUT2D eigenvalue weighted by Crippen LogP contribution is -2.50. The number of piperidine rings is 1. The number of nitrogens with zero attached hydrogens (tertiary/aromatic N) is 5. The maximum Gasteiger partial charge on any atom is 0.410 e. The van der Waals surface area contributed by atoms with Crippen LogP contribution < -0.4 is 4.90 Å². The van der Waals surface area contributed by atoms with Crippen molar-refractivity contribution < 1.29 is 14.3 Å². The molecule has 2 aromatic heterocycles. The molecule has 1 aliphatic carbocycles. The summed E-state index contributed by atoms with van der Waals surface area (Å²) in [7, 11) is 0. The fourth-order valence-electron chi connectivity index (χ4n) is 5.78. The van der Waals surface area contributed by atoms with E-state index < -0.39 is 5.41 Å². The molecule has 1 spiro atoms.